The molecule has 2 unspecified atom stereocenters. The molecule has 2 atom stereocenters. The molecule has 0 aromatic carbocycles. The summed E-state index contributed by atoms with van der Waals surface area (Å²) in [5.41, 5.74) is 0. The highest BCUT2D eigenvalue weighted by Crippen LogP contribution is 2.12. The molecular weight excluding hydrogens is 200 g/mol. The molecule has 1 fully saturated rings. The van der Waals surface area contributed by atoms with E-state index in [0.717, 1.165) is 0 Å². The summed E-state index contributed by atoms with van der Waals surface area (Å²) in [5.74, 6) is -1.92. The highest BCUT2D eigenvalue weighted by atomic mass is 16.4. The second kappa shape index (κ2) is 5.09. The van der Waals surface area contributed by atoms with Crippen LogP contribution in [0.25, 0.3) is 0 Å². The zero-order valence-corrected chi connectivity index (χ0v) is 8.64. The summed E-state index contributed by atoms with van der Waals surface area (Å²) in [5, 5.41) is 20.9. The average molecular weight is 216 g/mol. The Morgan fingerprint density at radius 1 is 1.53 bits per heavy atom. The molecule has 1 rings (SSSR count). The minimum Gasteiger partial charge on any atom is -0.480 e. The van der Waals surface area contributed by atoms with Crippen molar-refractivity contribution < 1.29 is 19.8 Å². The van der Waals surface area contributed by atoms with Crippen molar-refractivity contribution in [3.05, 3.63) is 0 Å². The third-order valence-electron chi connectivity index (χ3n) is 2.64. The summed E-state index contributed by atoms with van der Waals surface area (Å²) in [7, 11) is 0. The molecule has 1 aliphatic rings. The third kappa shape index (κ3) is 2.66. The van der Waals surface area contributed by atoms with Crippen LogP contribution in [0.2, 0.25) is 0 Å². The molecule has 0 amide bonds. The standard InChI is InChI=1S/C9H16N2O4/c1-2-6(8(12)13)11-4-3-10-5-7(11)9(14)15/h6-7,10H,2-5H2,1H3,(H,12,13)(H,14,15). The summed E-state index contributed by atoms with van der Waals surface area (Å²) in [6, 6.07) is -1.44. The zero-order chi connectivity index (χ0) is 11.4. The normalized spacial score (nSPS) is 24.7. The van der Waals surface area contributed by atoms with Crippen LogP contribution in [0.3, 0.4) is 0 Å². The van der Waals surface area contributed by atoms with Crippen molar-refractivity contribution in [3.63, 3.8) is 0 Å². The van der Waals surface area contributed by atoms with E-state index in [1.807, 2.05) is 0 Å². The van der Waals surface area contributed by atoms with Crippen LogP contribution in [-0.4, -0.2) is 58.8 Å². The highest BCUT2D eigenvalue weighted by Gasteiger charge is 2.35. The zero-order valence-electron chi connectivity index (χ0n) is 8.64. The molecule has 1 heterocycles. The Kier molecular flexibility index (Phi) is 4.05. The quantitative estimate of drug-likeness (QED) is 0.570. The number of aliphatic carboxylic acids is 2. The van der Waals surface area contributed by atoms with E-state index < -0.39 is 24.0 Å². The van der Waals surface area contributed by atoms with Crippen LogP contribution in [0, 0.1) is 0 Å². The largest absolute Gasteiger partial charge is 0.480 e. The molecule has 0 bridgehead atoms. The summed E-state index contributed by atoms with van der Waals surface area (Å²) in [4.78, 5) is 23.4. The predicted molar refractivity (Wildman–Crippen MR) is 52.7 cm³/mol. The Bertz CT molecular complexity index is 240. The number of hydrogen-bond acceptors (Lipinski definition) is 4. The maximum Gasteiger partial charge on any atom is 0.322 e. The molecule has 0 spiro atoms. The molecule has 0 aromatic rings. The van der Waals surface area contributed by atoms with E-state index >= 15 is 0 Å². The minimum absolute atomic E-state index is 0.305. The second-order valence-corrected chi connectivity index (χ2v) is 3.56. The van der Waals surface area contributed by atoms with E-state index in [-0.39, 0.29) is 0 Å². The first-order valence-corrected chi connectivity index (χ1v) is 5.00. The molecular formula is C9H16N2O4. The first-order chi connectivity index (χ1) is 7.07. The van der Waals surface area contributed by atoms with Crippen LogP contribution in [0.4, 0.5) is 0 Å². The van der Waals surface area contributed by atoms with Gasteiger partial charge in [-0.1, -0.05) is 6.92 Å². The van der Waals surface area contributed by atoms with Gasteiger partial charge in [-0.3, -0.25) is 14.5 Å². The number of nitrogens with one attached hydrogen (secondary N) is 1. The fraction of sp³-hybridized carbons (Fsp3) is 0.778. The predicted octanol–water partition coefficient (Wildman–Crippen LogP) is -0.792. The first kappa shape index (κ1) is 11.9. The molecule has 0 aliphatic carbocycles. The third-order valence-corrected chi connectivity index (χ3v) is 2.64. The van der Waals surface area contributed by atoms with Gasteiger partial charge in [-0.15, -0.1) is 0 Å². The minimum atomic E-state index is -0.970. The van der Waals surface area contributed by atoms with Crippen LogP contribution in [0.15, 0.2) is 0 Å². The van der Waals surface area contributed by atoms with Crippen molar-refractivity contribution in [1.82, 2.24) is 10.2 Å². The number of piperazine rings is 1. The van der Waals surface area contributed by atoms with E-state index in [1.54, 1.807) is 11.8 Å². The van der Waals surface area contributed by atoms with Gasteiger partial charge in [0, 0.05) is 19.6 Å². The van der Waals surface area contributed by atoms with Crippen molar-refractivity contribution >= 4 is 11.9 Å². The number of nitrogens with zero attached hydrogens (tertiary/aromatic N) is 1. The van der Waals surface area contributed by atoms with Crippen LogP contribution in [-0.2, 0) is 9.59 Å². The topological polar surface area (TPSA) is 89.9 Å². The monoisotopic (exact) mass is 216 g/mol. The lowest BCUT2D eigenvalue weighted by atomic mass is 10.1. The van der Waals surface area contributed by atoms with Gasteiger partial charge < -0.3 is 15.5 Å². The van der Waals surface area contributed by atoms with Gasteiger partial charge in [0.15, 0.2) is 0 Å². The Hall–Kier alpha value is -1.14. The number of carboxylic acid groups (broad SMARTS) is 2. The number of carbonyl (C=O) groups is 2. The Morgan fingerprint density at radius 2 is 2.20 bits per heavy atom. The maximum absolute atomic E-state index is 10.9. The second-order valence-electron chi connectivity index (χ2n) is 3.56. The molecule has 86 valence electrons. The SMILES string of the molecule is CCC(C(=O)O)N1CCNCC1C(=O)O. The van der Waals surface area contributed by atoms with E-state index in [0.29, 0.717) is 26.1 Å². The average Bonchev–Trinajstić information content (AvgIpc) is 2.18. The van der Waals surface area contributed by atoms with Crippen LogP contribution in [0.5, 0.6) is 0 Å². The van der Waals surface area contributed by atoms with Gasteiger partial charge in [-0.25, -0.2) is 0 Å². The molecule has 0 radical (unpaired) electrons. The summed E-state index contributed by atoms with van der Waals surface area (Å²) in [6.45, 7) is 3.15. The lowest BCUT2D eigenvalue weighted by molar-refractivity contribution is -0.151. The molecule has 6 heteroatoms. The van der Waals surface area contributed by atoms with Crippen molar-refractivity contribution in [1.29, 1.82) is 0 Å². The van der Waals surface area contributed by atoms with E-state index in [9.17, 15) is 9.59 Å². The molecule has 0 saturated carbocycles. The molecule has 3 N–H and O–H groups in total. The fourth-order valence-electron chi connectivity index (χ4n) is 1.87. The number of hydrogen-bond donors (Lipinski definition) is 3. The molecule has 0 aromatic heterocycles. The van der Waals surface area contributed by atoms with Gasteiger partial charge in [-0.05, 0) is 6.42 Å². The van der Waals surface area contributed by atoms with Crippen molar-refractivity contribution in [2.24, 2.45) is 0 Å². The van der Waals surface area contributed by atoms with E-state index in [1.165, 1.54) is 0 Å². The Morgan fingerprint density at radius 3 is 2.67 bits per heavy atom. The number of carboxylic acids is 2. The van der Waals surface area contributed by atoms with E-state index in [2.05, 4.69) is 5.32 Å². The summed E-state index contributed by atoms with van der Waals surface area (Å²) >= 11 is 0. The molecule has 15 heavy (non-hydrogen) atoms. The van der Waals surface area contributed by atoms with Crippen molar-refractivity contribution in [3.8, 4) is 0 Å². The van der Waals surface area contributed by atoms with Crippen molar-refractivity contribution in [2.45, 2.75) is 25.4 Å². The van der Waals surface area contributed by atoms with Gasteiger partial charge in [-0.2, -0.15) is 0 Å². The Labute approximate surface area is 87.9 Å². The molecule has 1 aliphatic heterocycles. The lowest BCUT2D eigenvalue weighted by Gasteiger charge is -2.36. The highest BCUT2D eigenvalue weighted by molar-refractivity contribution is 5.77. The first-order valence-electron chi connectivity index (χ1n) is 5.00. The molecule has 6 nitrogen and oxygen atoms in total. The van der Waals surface area contributed by atoms with Gasteiger partial charge in [0.25, 0.3) is 0 Å². The summed E-state index contributed by atoms with van der Waals surface area (Å²) < 4.78 is 0. The van der Waals surface area contributed by atoms with Gasteiger partial charge in [0.1, 0.15) is 12.1 Å². The number of rotatable bonds is 4. The van der Waals surface area contributed by atoms with Gasteiger partial charge >= 0.3 is 11.9 Å². The van der Waals surface area contributed by atoms with Gasteiger partial charge in [0.2, 0.25) is 0 Å². The smallest absolute Gasteiger partial charge is 0.322 e. The summed E-state index contributed by atoms with van der Waals surface area (Å²) in [6.07, 6.45) is 0.416. The Balaban J connectivity index is 2.78. The fourth-order valence-corrected chi connectivity index (χ4v) is 1.87. The van der Waals surface area contributed by atoms with Crippen LogP contribution < -0.4 is 5.32 Å². The van der Waals surface area contributed by atoms with Crippen LogP contribution >= 0.6 is 0 Å². The molecule has 1 saturated heterocycles. The lowest BCUT2D eigenvalue weighted by Crippen LogP contribution is -2.59. The van der Waals surface area contributed by atoms with Crippen LogP contribution in [0.1, 0.15) is 13.3 Å². The maximum atomic E-state index is 10.9. The van der Waals surface area contributed by atoms with E-state index in [4.69, 9.17) is 10.2 Å². The van der Waals surface area contributed by atoms with Gasteiger partial charge in [0.05, 0.1) is 0 Å². The van der Waals surface area contributed by atoms with Crippen molar-refractivity contribution in [2.75, 3.05) is 19.6 Å².